The molecule has 0 bridgehead atoms. The van der Waals surface area contributed by atoms with Gasteiger partial charge in [-0.2, -0.15) is 0 Å². The number of carbonyl (C=O) groups is 1. The minimum atomic E-state index is -0.247. The quantitative estimate of drug-likeness (QED) is 0.431. The van der Waals surface area contributed by atoms with Crippen molar-refractivity contribution in [2.75, 3.05) is 31.1 Å². The van der Waals surface area contributed by atoms with E-state index >= 15 is 0 Å². The van der Waals surface area contributed by atoms with E-state index in [2.05, 4.69) is 4.98 Å². The summed E-state index contributed by atoms with van der Waals surface area (Å²) in [5.41, 5.74) is 2.36. The van der Waals surface area contributed by atoms with Crippen molar-refractivity contribution < 1.29 is 9.18 Å². The summed E-state index contributed by atoms with van der Waals surface area (Å²) in [6.45, 7) is 4.49. The number of piperazine rings is 1. The molecule has 1 amide bonds. The zero-order valence-electron chi connectivity index (χ0n) is 18.9. The van der Waals surface area contributed by atoms with E-state index in [1.54, 1.807) is 23.4 Å². The average molecular weight is 477 g/mol. The minimum absolute atomic E-state index is 0.00929. The van der Waals surface area contributed by atoms with Gasteiger partial charge in [-0.25, -0.2) is 9.37 Å². The number of hydrogen-bond acceptors (Lipinski definition) is 5. The molecule has 2 aromatic heterocycles. The second-order valence-electron chi connectivity index (χ2n) is 8.39. The van der Waals surface area contributed by atoms with Gasteiger partial charge in [0.1, 0.15) is 10.6 Å². The van der Waals surface area contributed by atoms with Crippen LogP contribution >= 0.6 is 11.3 Å². The number of para-hydroxylation sites is 1. The van der Waals surface area contributed by atoms with Crippen LogP contribution in [0.4, 0.5) is 10.1 Å². The van der Waals surface area contributed by atoms with Gasteiger partial charge in [-0.1, -0.05) is 42.5 Å². The first kappa shape index (κ1) is 22.3. The van der Waals surface area contributed by atoms with Crippen LogP contribution in [0.15, 0.2) is 65.7 Å². The first-order chi connectivity index (χ1) is 16.5. The first-order valence-electron chi connectivity index (χ1n) is 11.3. The second-order valence-corrected chi connectivity index (χ2v) is 9.59. The molecule has 0 unspecified atom stereocenters. The number of hydrogen-bond donors (Lipinski definition) is 0. The lowest BCUT2D eigenvalue weighted by atomic mass is 10.0. The molecule has 3 heterocycles. The highest BCUT2D eigenvalue weighted by molar-refractivity contribution is 7.19. The summed E-state index contributed by atoms with van der Waals surface area (Å²) in [7, 11) is 0. The molecule has 0 spiro atoms. The van der Waals surface area contributed by atoms with Crippen molar-refractivity contribution in [1.82, 2.24) is 14.5 Å². The van der Waals surface area contributed by atoms with Crippen molar-refractivity contribution in [3.63, 3.8) is 0 Å². The Balaban J connectivity index is 1.28. The molecule has 0 saturated carbocycles. The monoisotopic (exact) mass is 476 g/mol. The maximum Gasteiger partial charge on any atom is 0.262 e. The number of amides is 1. The topological polar surface area (TPSA) is 58.4 Å². The molecule has 6 nitrogen and oxygen atoms in total. The number of aryl methyl sites for hydroxylation is 2. The lowest BCUT2D eigenvalue weighted by molar-refractivity contribution is -0.131. The van der Waals surface area contributed by atoms with E-state index in [1.165, 1.54) is 22.0 Å². The Kier molecular flexibility index (Phi) is 6.15. The van der Waals surface area contributed by atoms with E-state index in [0.717, 1.165) is 16.0 Å². The fraction of sp³-hybridized carbons (Fsp3) is 0.269. The molecule has 0 aliphatic carbocycles. The summed E-state index contributed by atoms with van der Waals surface area (Å²) < 4.78 is 15.6. The third kappa shape index (κ3) is 4.21. The zero-order valence-corrected chi connectivity index (χ0v) is 19.7. The van der Waals surface area contributed by atoms with Gasteiger partial charge in [0.15, 0.2) is 0 Å². The molecule has 8 heteroatoms. The highest BCUT2D eigenvalue weighted by Gasteiger charge is 2.23. The number of carbonyl (C=O) groups excluding carboxylic acids is 1. The van der Waals surface area contributed by atoms with Gasteiger partial charge >= 0.3 is 0 Å². The van der Waals surface area contributed by atoms with Crippen LogP contribution in [-0.4, -0.2) is 46.5 Å². The van der Waals surface area contributed by atoms with Gasteiger partial charge in [0.05, 0.1) is 17.4 Å². The maximum atomic E-state index is 14.1. The van der Waals surface area contributed by atoms with E-state index in [1.807, 2.05) is 48.2 Å². The Labute approximate surface area is 200 Å². The average Bonchev–Trinajstić information content (AvgIpc) is 3.21. The minimum Gasteiger partial charge on any atom is -0.366 e. The van der Waals surface area contributed by atoms with Crippen LogP contribution in [-0.2, 0) is 11.3 Å². The molecule has 34 heavy (non-hydrogen) atoms. The highest BCUT2D eigenvalue weighted by atomic mass is 32.1. The second kappa shape index (κ2) is 9.38. The largest absolute Gasteiger partial charge is 0.366 e. The number of nitrogens with zero attached hydrogens (tertiary/aromatic N) is 4. The summed E-state index contributed by atoms with van der Waals surface area (Å²) in [6, 6.07) is 16.6. The molecule has 1 aliphatic rings. The van der Waals surface area contributed by atoms with Crippen molar-refractivity contribution in [2.45, 2.75) is 19.9 Å². The van der Waals surface area contributed by atoms with E-state index in [-0.39, 0.29) is 30.2 Å². The van der Waals surface area contributed by atoms with Crippen LogP contribution in [0, 0.1) is 12.7 Å². The molecule has 174 valence electrons. The number of benzene rings is 2. The van der Waals surface area contributed by atoms with Gasteiger partial charge < -0.3 is 9.80 Å². The van der Waals surface area contributed by atoms with Crippen molar-refractivity contribution in [3.05, 3.63) is 82.0 Å². The van der Waals surface area contributed by atoms with Crippen LogP contribution in [0.1, 0.15) is 11.3 Å². The molecule has 0 N–H and O–H groups in total. The van der Waals surface area contributed by atoms with Gasteiger partial charge in [-0.15, -0.1) is 11.3 Å². The standard InChI is InChI=1S/C26H25FN4O2S/c1-18-23(19-7-3-2-4-8-19)24-25(34-18)28-17-31(26(24)33)12-11-22(32)30-15-13-29(14-16-30)21-10-6-5-9-20(21)27/h2-10,17H,11-16H2,1H3. The smallest absolute Gasteiger partial charge is 0.262 e. The molecule has 2 aromatic carbocycles. The third-order valence-electron chi connectivity index (χ3n) is 6.31. The number of halogens is 1. The Morgan fingerprint density at radius 3 is 2.47 bits per heavy atom. The maximum absolute atomic E-state index is 14.1. The molecule has 4 aromatic rings. The fourth-order valence-corrected chi connectivity index (χ4v) is 5.53. The first-order valence-corrected chi connectivity index (χ1v) is 12.2. The number of rotatable bonds is 5. The molecule has 1 saturated heterocycles. The van der Waals surface area contributed by atoms with Crippen molar-refractivity contribution in [1.29, 1.82) is 0 Å². The highest BCUT2D eigenvalue weighted by Crippen LogP contribution is 2.35. The lowest BCUT2D eigenvalue weighted by Crippen LogP contribution is -2.49. The normalized spacial score (nSPS) is 14.1. The third-order valence-corrected chi connectivity index (χ3v) is 7.32. The zero-order chi connectivity index (χ0) is 23.7. The Bertz CT molecular complexity index is 1390. The summed E-state index contributed by atoms with van der Waals surface area (Å²) in [5.74, 6) is -0.256. The molecule has 5 rings (SSSR count). The number of fused-ring (bicyclic) bond motifs is 1. The summed E-state index contributed by atoms with van der Waals surface area (Å²) in [5, 5.41) is 0.613. The van der Waals surface area contributed by atoms with Crippen LogP contribution in [0.25, 0.3) is 21.3 Å². The van der Waals surface area contributed by atoms with Crippen LogP contribution in [0.5, 0.6) is 0 Å². The van der Waals surface area contributed by atoms with Crippen molar-refractivity contribution >= 4 is 33.1 Å². The van der Waals surface area contributed by atoms with Gasteiger partial charge in [0.25, 0.3) is 5.56 Å². The molecule has 0 atom stereocenters. The van der Waals surface area contributed by atoms with Gasteiger partial charge in [0, 0.05) is 49.6 Å². The molecule has 1 fully saturated rings. The van der Waals surface area contributed by atoms with E-state index in [0.29, 0.717) is 42.1 Å². The SMILES string of the molecule is Cc1sc2ncn(CCC(=O)N3CCN(c4ccccc4F)CC3)c(=O)c2c1-c1ccccc1. The molecular formula is C26H25FN4O2S. The van der Waals surface area contributed by atoms with Gasteiger partial charge in [0.2, 0.25) is 5.91 Å². The predicted molar refractivity (Wildman–Crippen MR) is 134 cm³/mol. The number of anilines is 1. The van der Waals surface area contributed by atoms with Gasteiger partial charge in [-0.3, -0.25) is 14.2 Å². The van der Waals surface area contributed by atoms with E-state index < -0.39 is 0 Å². The Morgan fingerprint density at radius 1 is 1.03 bits per heavy atom. The van der Waals surface area contributed by atoms with Crippen LogP contribution < -0.4 is 10.5 Å². The predicted octanol–water partition coefficient (Wildman–Crippen LogP) is 4.31. The molecular weight excluding hydrogens is 451 g/mol. The van der Waals surface area contributed by atoms with Crippen molar-refractivity contribution in [2.24, 2.45) is 0 Å². The van der Waals surface area contributed by atoms with Gasteiger partial charge in [-0.05, 0) is 24.6 Å². The summed E-state index contributed by atoms with van der Waals surface area (Å²) >= 11 is 1.51. The Morgan fingerprint density at radius 2 is 1.74 bits per heavy atom. The van der Waals surface area contributed by atoms with Crippen LogP contribution in [0.2, 0.25) is 0 Å². The number of thiophene rings is 1. The summed E-state index contributed by atoms with van der Waals surface area (Å²) in [4.78, 5) is 36.2. The van der Waals surface area contributed by atoms with Crippen LogP contribution in [0.3, 0.4) is 0 Å². The number of aromatic nitrogens is 2. The Hall–Kier alpha value is -3.52. The van der Waals surface area contributed by atoms with Crippen molar-refractivity contribution in [3.8, 4) is 11.1 Å². The fourth-order valence-electron chi connectivity index (χ4n) is 4.53. The lowest BCUT2D eigenvalue weighted by Gasteiger charge is -2.36. The van der Waals surface area contributed by atoms with E-state index in [4.69, 9.17) is 0 Å². The summed E-state index contributed by atoms with van der Waals surface area (Å²) in [6.07, 6.45) is 1.76. The molecule has 0 radical (unpaired) electrons. The van der Waals surface area contributed by atoms with E-state index in [9.17, 15) is 14.0 Å². The molecule has 1 aliphatic heterocycles.